The maximum absolute atomic E-state index is 14.1. The molecule has 1 unspecified atom stereocenters. The van der Waals surface area contributed by atoms with E-state index < -0.39 is 0 Å². The lowest BCUT2D eigenvalue weighted by atomic mass is 10.0. The molecule has 0 saturated heterocycles. The molecule has 0 bridgehead atoms. The quantitative estimate of drug-likeness (QED) is 0.641. The highest BCUT2D eigenvalue weighted by Crippen LogP contribution is 2.27. The van der Waals surface area contributed by atoms with Gasteiger partial charge in [0.1, 0.15) is 5.82 Å². The Kier molecular flexibility index (Phi) is 5.13. The molecule has 2 aromatic rings. The van der Waals surface area contributed by atoms with Crippen molar-refractivity contribution in [2.24, 2.45) is 12.9 Å². The molecule has 1 heterocycles. The molecule has 1 aromatic carbocycles. The molecule has 1 aromatic heterocycles. The van der Waals surface area contributed by atoms with Gasteiger partial charge in [-0.3, -0.25) is 16.0 Å². The van der Waals surface area contributed by atoms with Crippen molar-refractivity contribution in [1.82, 2.24) is 15.2 Å². The number of nitrogens with one attached hydrogen (secondary N) is 1. The minimum Gasteiger partial charge on any atom is -0.271 e. The van der Waals surface area contributed by atoms with E-state index in [0.29, 0.717) is 12.0 Å². The molecule has 0 aliphatic rings. The maximum Gasteiger partial charge on any atom is 0.128 e. The van der Waals surface area contributed by atoms with E-state index in [2.05, 4.69) is 33.4 Å². The molecule has 4 nitrogen and oxygen atoms in total. The summed E-state index contributed by atoms with van der Waals surface area (Å²) in [6.45, 7) is 3.91. The van der Waals surface area contributed by atoms with Gasteiger partial charge in [-0.25, -0.2) is 4.39 Å². The highest BCUT2D eigenvalue weighted by atomic mass is 79.9. The van der Waals surface area contributed by atoms with Gasteiger partial charge in [-0.05, 0) is 40.9 Å². The number of nitrogens with zero attached hydrogens (tertiary/aromatic N) is 2. The monoisotopic (exact) mass is 354 g/mol. The Morgan fingerprint density at radius 2 is 2.19 bits per heavy atom. The van der Waals surface area contributed by atoms with Gasteiger partial charge < -0.3 is 0 Å². The first-order valence-electron chi connectivity index (χ1n) is 6.90. The minimum absolute atomic E-state index is 0.244. The normalized spacial score (nSPS) is 12.7. The second-order valence-electron chi connectivity index (χ2n) is 5.13. The van der Waals surface area contributed by atoms with Crippen LogP contribution in [-0.2, 0) is 19.9 Å². The van der Waals surface area contributed by atoms with Gasteiger partial charge >= 0.3 is 0 Å². The molecule has 1 atom stereocenters. The maximum atomic E-state index is 14.1. The first-order valence-corrected chi connectivity index (χ1v) is 7.69. The number of hydrogen-bond donors (Lipinski definition) is 2. The van der Waals surface area contributed by atoms with Crippen molar-refractivity contribution in [3.63, 3.8) is 0 Å². The molecule has 0 radical (unpaired) electrons. The lowest BCUT2D eigenvalue weighted by Gasteiger charge is -2.18. The molecule has 0 spiro atoms. The predicted molar refractivity (Wildman–Crippen MR) is 85.2 cm³/mol. The molecule has 0 aliphatic carbocycles. The fourth-order valence-corrected chi connectivity index (χ4v) is 3.19. The zero-order valence-corrected chi connectivity index (χ0v) is 14.0. The van der Waals surface area contributed by atoms with Gasteiger partial charge in [-0.15, -0.1) is 0 Å². The Balaban J connectivity index is 2.33. The van der Waals surface area contributed by atoms with Gasteiger partial charge in [0.25, 0.3) is 0 Å². The van der Waals surface area contributed by atoms with E-state index in [9.17, 15) is 4.39 Å². The Morgan fingerprint density at radius 3 is 2.71 bits per heavy atom. The van der Waals surface area contributed by atoms with Crippen molar-refractivity contribution in [2.75, 3.05) is 0 Å². The van der Waals surface area contributed by atoms with Gasteiger partial charge in [-0.2, -0.15) is 5.10 Å². The molecule has 3 N–H and O–H groups in total. The molecule has 0 aliphatic heterocycles. The van der Waals surface area contributed by atoms with Crippen LogP contribution in [0.2, 0.25) is 0 Å². The Morgan fingerprint density at radius 1 is 1.48 bits per heavy atom. The summed E-state index contributed by atoms with van der Waals surface area (Å²) in [5.74, 6) is 5.39. The van der Waals surface area contributed by atoms with E-state index in [0.717, 1.165) is 27.8 Å². The van der Waals surface area contributed by atoms with E-state index in [4.69, 9.17) is 5.84 Å². The van der Waals surface area contributed by atoms with Crippen molar-refractivity contribution < 1.29 is 4.39 Å². The Labute approximate surface area is 132 Å². The van der Waals surface area contributed by atoms with E-state index in [1.54, 1.807) is 6.07 Å². The SMILES string of the molecule is CCc1nn(C)c(CC(NN)c2ccc(C)cc2F)c1Br. The average molecular weight is 355 g/mol. The number of rotatable bonds is 5. The van der Waals surface area contributed by atoms with Gasteiger partial charge in [0.15, 0.2) is 0 Å². The zero-order chi connectivity index (χ0) is 15.6. The number of halogens is 2. The summed E-state index contributed by atoms with van der Waals surface area (Å²) in [4.78, 5) is 0. The van der Waals surface area contributed by atoms with Crippen LogP contribution in [0.15, 0.2) is 22.7 Å². The highest BCUT2D eigenvalue weighted by Gasteiger charge is 2.20. The third kappa shape index (κ3) is 3.33. The third-order valence-electron chi connectivity index (χ3n) is 3.63. The molecule has 114 valence electrons. The number of benzene rings is 1. The largest absolute Gasteiger partial charge is 0.271 e. The number of hydrogen-bond acceptors (Lipinski definition) is 3. The van der Waals surface area contributed by atoms with Crippen LogP contribution < -0.4 is 11.3 Å². The molecule has 6 heteroatoms. The van der Waals surface area contributed by atoms with Crippen molar-refractivity contribution in [1.29, 1.82) is 0 Å². The van der Waals surface area contributed by atoms with Crippen LogP contribution in [0.1, 0.15) is 35.5 Å². The summed E-state index contributed by atoms with van der Waals surface area (Å²) in [6, 6.07) is 4.88. The minimum atomic E-state index is -0.304. The molecule has 0 saturated carbocycles. The summed E-state index contributed by atoms with van der Waals surface area (Å²) in [5, 5.41) is 4.45. The molecule has 21 heavy (non-hydrogen) atoms. The van der Waals surface area contributed by atoms with E-state index >= 15 is 0 Å². The first kappa shape index (κ1) is 16.1. The number of hydrazine groups is 1. The standard InChI is InChI=1S/C15H20BrFN4/c1-4-12-15(16)14(21(3)20-12)8-13(19-18)10-6-5-9(2)7-11(10)17/h5-7,13,19H,4,8,18H2,1-3H3. The number of aromatic nitrogens is 2. The van der Waals surface area contributed by atoms with Crippen LogP contribution in [0, 0.1) is 12.7 Å². The molecular formula is C15H20BrFN4. The average Bonchev–Trinajstić information content (AvgIpc) is 2.72. The van der Waals surface area contributed by atoms with Gasteiger partial charge in [0, 0.05) is 19.0 Å². The van der Waals surface area contributed by atoms with Gasteiger partial charge in [-0.1, -0.05) is 19.1 Å². The van der Waals surface area contributed by atoms with Crippen LogP contribution in [0.5, 0.6) is 0 Å². The fraction of sp³-hybridized carbons (Fsp3) is 0.400. The molecule has 0 amide bonds. The highest BCUT2D eigenvalue weighted by molar-refractivity contribution is 9.10. The number of nitrogens with two attached hydrogens (primary N) is 1. The van der Waals surface area contributed by atoms with Crippen molar-refractivity contribution in [3.05, 3.63) is 51.0 Å². The first-order chi connectivity index (χ1) is 9.97. The zero-order valence-electron chi connectivity index (χ0n) is 12.5. The lowest BCUT2D eigenvalue weighted by molar-refractivity contribution is 0.496. The van der Waals surface area contributed by atoms with E-state index in [1.807, 2.05) is 24.7 Å². The van der Waals surface area contributed by atoms with Crippen molar-refractivity contribution in [2.45, 2.75) is 32.7 Å². The topological polar surface area (TPSA) is 55.9 Å². The van der Waals surface area contributed by atoms with Gasteiger partial charge in [0.2, 0.25) is 0 Å². The smallest absolute Gasteiger partial charge is 0.128 e. The summed E-state index contributed by atoms with van der Waals surface area (Å²) in [6.07, 6.45) is 1.40. The molecule has 2 rings (SSSR count). The van der Waals surface area contributed by atoms with Crippen LogP contribution >= 0.6 is 15.9 Å². The summed E-state index contributed by atoms with van der Waals surface area (Å²) >= 11 is 3.58. The lowest BCUT2D eigenvalue weighted by Crippen LogP contribution is -2.31. The van der Waals surface area contributed by atoms with Crippen LogP contribution in [0.3, 0.4) is 0 Å². The van der Waals surface area contributed by atoms with E-state index in [1.165, 1.54) is 6.07 Å². The van der Waals surface area contributed by atoms with Crippen molar-refractivity contribution >= 4 is 15.9 Å². The second kappa shape index (κ2) is 6.68. The molecular weight excluding hydrogens is 335 g/mol. The summed E-state index contributed by atoms with van der Waals surface area (Å²) in [7, 11) is 1.89. The van der Waals surface area contributed by atoms with Crippen LogP contribution in [0.25, 0.3) is 0 Å². The van der Waals surface area contributed by atoms with Crippen molar-refractivity contribution in [3.8, 4) is 0 Å². The Hall–Kier alpha value is -1.24. The summed E-state index contributed by atoms with van der Waals surface area (Å²) in [5.41, 5.74) is 6.15. The van der Waals surface area contributed by atoms with Gasteiger partial charge in [0.05, 0.1) is 21.9 Å². The summed E-state index contributed by atoms with van der Waals surface area (Å²) < 4.78 is 16.9. The molecule has 0 fully saturated rings. The predicted octanol–water partition coefficient (Wildman–Crippen LogP) is 2.94. The Bertz CT molecular complexity index is 639. The fourth-order valence-electron chi connectivity index (χ4n) is 2.41. The number of aryl methyl sites for hydroxylation is 3. The van der Waals surface area contributed by atoms with Crippen LogP contribution in [-0.4, -0.2) is 9.78 Å². The van der Waals surface area contributed by atoms with E-state index in [-0.39, 0.29) is 11.9 Å². The third-order valence-corrected chi connectivity index (χ3v) is 4.55. The second-order valence-corrected chi connectivity index (χ2v) is 5.93. The van der Waals surface area contributed by atoms with Crippen LogP contribution in [0.4, 0.5) is 4.39 Å².